The molecule has 4 heteroatoms. The van der Waals surface area contributed by atoms with Gasteiger partial charge >= 0.3 is 39.9 Å². The molecule has 20 valence electrons. The molecule has 0 aliphatic heterocycles. The van der Waals surface area contributed by atoms with Crippen LogP contribution in [0.3, 0.4) is 0 Å². The maximum absolute atomic E-state index is 8.19. The molecule has 0 aromatic carbocycles. The molecule has 0 rings (SSSR count). The Labute approximate surface area is 52.4 Å². The van der Waals surface area contributed by atoms with Crippen LogP contribution in [0.2, 0.25) is 0 Å². The van der Waals surface area contributed by atoms with Gasteiger partial charge in [0.2, 0.25) is 0 Å². The maximum Gasteiger partial charge on any atom is -0.0125 e. The van der Waals surface area contributed by atoms with Gasteiger partial charge in [0.05, 0.1) is 0 Å². The summed E-state index contributed by atoms with van der Waals surface area (Å²) in [5.74, 6) is 0. The van der Waals surface area contributed by atoms with Gasteiger partial charge < -0.3 is 1.43 Å². The van der Waals surface area contributed by atoms with Crippen molar-refractivity contribution in [3.8, 4) is 0 Å². The van der Waals surface area contributed by atoms with Crippen molar-refractivity contribution >= 4 is 11.0 Å². The van der Waals surface area contributed by atoms with Gasteiger partial charge in [0.15, 0.2) is 0 Å². The van der Waals surface area contributed by atoms with Gasteiger partial charge in [-0.15, -0.1) is 0 Å². The molecule has 0 heterocycles. The summed E-state index contributed by atoms with van der Waals surface area (Å²) in [5, 5.41) is 0. The van der Waals surface area contributed by atoms with Crippen LogP contribution < -0.4 is 18.9 Å². The fourth-order valence-electron chi connectivity index (χ4n) is 0. The average molecular weight is 106 g/mol. The average Bonchev–Trinajstić information content (AvgIpc) is 1.00. The normalized spacial score (nSPS) is 0.750. The molecule has 0 saturated carbocycles. The van der Waals surface area contributed by atoms with Crippen molar-refractivity contribution in [2.75, 3.05) is 0 Å². The minimum Gasteiger partial charge on any atom is -0.0125 e. The molecule has 0 saturated heterocycles. The van der Waals surface area contributed by atoms with E-state index in [9.17, 15) is 0 Å². The first kappa shape index (κ1) is 19.0. The summed E-state index contributed by atoms with van der Waals surface area (Å²) in [7, 11) is 0. The Morgan fingerprint density at radius 3 is 1.50 bits per heavy atom. The van der Waals surface area contributed by atoms with Gasteiger partial charge in [-0.05, 0) is 11.0 Å². The quantitative estimate of drug-likeness (QED) is 0.286. The van der Waals surface area contributed by atoms with Gasteiger partial charge in [-0.2, -0.15) is 0 Å². The first-order chi connectivity index (χ1) is 1.00. The standard InChI is InChI=1S/Li.O.H3Si.V.H/h;;1H3;;/q+1;;;;-1. The van der Waals surface area contributed by atoms with E-state index < -0.39 is 0 Å². The second kappa shape index (κ2) is 29.9. The van der Waals surface area contributed by atoms with Crippen LogP contribution in [-0.2, 0) is 21.0 Å². The first-order valence-electron chi connectivity index (χ1n) is 0.183. The van der Waals surface area contributed by atoms with Crippen LogP contribution in [-0.4, -0.2) is 11.0 Å². The molecule has 1 nitrogen and oxygen atoms in total. The third-order valence-electron chi connectivity index (χ3n) is 0. The zero-order valence-corrected chi connectivity index (χ0v) is 6.25. The smallest absolute Gasteiger partial charge is 0.0125 e. The molecule has 0 spiro atoms. The summed E-state index contributed by atoms with van der Waals surface area (Å²) in [4.78, 5) is 0. The molecule has 1 radical (unpaired) electrons. The molecule has 0 fully saturated rings. The molecule has 0 aliphatic rings. The van der Waals surface area contributed by atoms with Gasteiger partial charge in [0.25, 0.3) is 0 Å². The molecule has 0 aromatic heterocycles. The second-order valence-corrected chi connectivity index (χ2v) is 0. The largest absolute Gasteiger partial charge is 0.0125 e. The monoisotopic (exact) mass is 106 g/mol. The van der Waals surface area contributed by atoms with Crippen LogP contribution >= 0.6 is 0 Å². The van der Waals surface area contributed by atoms with Crippen LogP contribution in [0.15, 0.2) is 0 Å². The van der Waals surface area contributed by atoms with Crippen LogP contribution in [0.4, 0.5) is 0 Å². The molecule has 4 heavy (non-hydrogen) atoms. The summed E-state index contributed by atoms with van der Waals surface area (Å²) in [5.41, 5.74) is 0. The summed E-state index contributed by atoms with van der Waals surface area (Å²) in [6.45, 7) is 0. The van der Waals surface area contributed by atoms with Gasteiger partial charge in [-0.1, -0.05) is 0 Å². The van der Waals surface area contributed by atoms with E-state index in [0.717, 1.165) is 17.4 Å². The minimum absolute atomic E-state index is 0. The Hall–Kier alpha value is 1.20. The Balaban J connectivity index is -0.00000000167. The van der Waals surface area contributed by atoms with E-state index in [1.54, 1.807) is 0 Å². The molecular formula is H4LiOSiV. The van der Waals surface area contributed by atoms with Gasteiger partial charge in [0, 0.05) is 0 Å². The van der Waals surface area contributed by atoms with Crippen molar-refractivity contribution in [1.29, 1.82) is 0 Å². The van der Waals surface area contributed by atoms with Crippen LogP contribution in [0.25, 0.3) is 0 Å². The SMILES string of the molecule is [H-].[Li+].[O]=[V].[SiH3]. The summed E-state index contributed by atoms with van der Waals surface area (Å²) < 4.78 is 8.19. The van der Waals surface area contributed by atoms with Crippen LogP contribution in [0, 0.1) is 0 Å². The van der Waals surface area contributed by atoms with Crippen molar-refractivity contribution < 1.29 is 41.3 Å². The Morgan fingerprint density at radius 2 is 1.50 bits per heavy atom. The molecule has 0 bridgehead atoms. The van der Waals surface area contributed by atoms with E-state index >= 15 is 0 Å². The molecule has 0 atom stereocenters. The second-order valence-electron chi connectivity index (χ2n) is 0. The summed E-state index contributed by atoms with van der Waals surface area (Å²) in [6, 6.07) is 0. The van der Waals surface area contributed by atoms with E-state index in [1.165, 1.54) is 0 Å². The zero-order valence-electron chi connectivity index (χ0n) is 3.86. The topological polar surface area (TPSA) is 17.1 Å². The summed E-state index contributed by atoms with van der Waals surface area (Å²) in [6.07, 6.45) is 0. The predicted molar refractivity (Wildman–Crippen MR) is 11.7 cm³/mol. The van der Waals surface area contributed by atoms with Gasteiger partial charge in [-0.3, -0.25) is 0 Å². The van der Waals surface area contributed by atoms with Crippen molar-refractivity contribution in [1.82, 2.24) is 0 Å². The van der Waals surface area contributed by atoms with Crippen molar-refractivity contribution in [2.45, 2.75) is 0 Å². The predicted octanol–water partition coefficient (Wildman–Crippen LogP) is -4.19. The third kappa shape index (κ3) is 10.8. The maximum atomic E-state index is 8.19. The molecule has 0 unspecified atom stereocenters. The van der Waals surface area contributed by atoms with Crippen molar-refractivity contribution in [2.24, 2.45) is 0 Å². The first-order valence-corrected chi connectivity index (χ1v) is 0.753. The van der Waals surface area contributed by atoms with E-state index in [1.807, 2.05) is 0 Å². The zero-order chi connectivity index (χ0) is 2.00. The Morgan fingerprint density at radius 1 is 1.50 bits per heavy atom. The van der Waals surface area contributed by atoms with Gasteiger partial charge in [-0.25, -0.2) is 0 Å². The molecule has 0 amide bonds. The molecule has 0 N–H and O–H groups in total. The fraction of sp³-hybridized carbons (Fsp3) is 0. The van der Waals surface area contributed by atoms with Gasteiger partial charge in [0.1, 0.15) is 0 Å². The third-order valence-corrected chi connectivity index (χ3v) is 0. The van der Waals surface area contributed by atoms with E-state index in [4.69, 9.17) is 3.67 Å². The summed E-state index contributed by atoms with van der Waals surface area (Å²) >= 11 is 1.06. The Bertz CT molecular complexity index is 11.6. The molecule has 0 aliphatic carbocycles. The van der Waals surface area contributed by atoms with E-state index in [2.05, 4.69) is 0 Å². The fourth-order valence-corrected chi connectivity index (χ4v) is 0. The number of hydrogen-bond acceptors (Lipinski definition) is 1. The molecule has 0 aromatic rings. The Kier molecular flexibility index (Phi) is 142. The van der Waals surface area contributed by atoms with Crippen LogP contribution in [0.5, 0.6) is 0 Å². The van der Waals surface area contributed by atoms with E-state index in [-0.39, 0.29) is 31.3 Å². The van der Waals surface area contributed by atoms with E-state index in [0.29, 0.717) is 0 Å². The number of hydrogen-bond donors (Lipinski definition) is 0. The molecular weight excluding hydrogens is 102 g/mol. The van der Waals surface area contributed by atoms with Crippen LogP contribution in [0.1, 0.15) is 1.43 Å². The number of rotatable bonds is 0. The van der Waals surface area contributed by atoms with Crippen molar-refractivity contribution in [3.63, 3.8) is 0 Å². The minimum atomic E-state index is 0. The van der Waals surface area contributed by atoms with Crippen molar-refractivity contribution in [3.05, 3.63) is 0 Å².